The van der Waals surface area contributed by atoms with Gasteiger partial charge < -0.3 is 20.3 Å². The van der Waals surface area contributed by atoms with Gasteiger partial charge in [0, 0.05) is 24.2 Å². The van der Waals surface area contributed by atoms with Crippen molar-refractivity contribution in [1.82, 2.24) is 20.7 Å². The maximum atomic E-state index is 13.5. The molecule has 10 nitrogen and oxygen atoms in total. The highest BCUT2D eigenvalue weighted by Gasteiger charge is 2.37. The van der Waals surface area contributed by atoms with Crippen LogP contribution in [0.15, 0.2) is 30.5 Å². The molecule has 1 aliphatic carbocycles. The first kappa shape index (κ1) is 25.2. The van der Waals surface area contributed by atoms with Crippen molar-refractivity contribution in [3.05, 3.63) is 30.5 Å². The number of aromatic nitrogens is 1. The quantitative estimate of drug-likeness (QED) is 0.346. The van der Waals surface area contributed by atoms with Crippen molar-refractivity contribution < 1.29 is 24.3 Å². The van der Waals surface area contributed by atoms with E-state index in [1.165, 1.54) is 12.0 Å². The number of nitrogens with zero attached hydrogens (tertiary/aromatic N) is 2. The monoisotopic (exact) mass is 471 g/mol. The standard InChI is InChI=1S/C24H33N5O5/c1-24(2,3)21(22(31)29(14-19(30)28-33)13-15-7-5-8-15)27-23(32)26-18-12-17(34-4)11-16-9-6-10-25-20(16)18/h6,9-12,15,21,33H,5,7-8,13-14H2,1-4H3,(H,28,30)(H2,26,27,32)/t21-/m1/s1. The number of amides is 4. The number of pyridine rings is 1. The Labute approximate surface area is 199 Å². The summed E-state index contributed by atoms with van der Waals surface area (Å²) in [6.45, 7) is 5.63. The Morgan fingerprint density at radius 2 is 2.00 bits per heavy atom. The minimum absolute atomic E-state index is 0.286. The molecule has 1 heterocycles. The Balaban J connectivity index is 1.81. The molecule has 0 aliphatic heterocycles. The fourth-order valence-corrected chi connectivity index (χ4v) is 3.93. The van der Waals surface area contributed by atoms with Gasteiger partial charge in [0.1, 0.15) is 18.3 Å². The van der Waals surface area contributed by atoms with Gasteiger partial charge in [-0.25, -0.2) is 10.3 Å². The van der Waals surface area contributed by atoms with Crippen LogP contribution < -0.4 is 20.9 Å². The molecule has 10 heteroatoms. The van der Waals surface area contributed by atoms with Crippen LogP contribution in [0.1, 0.15) is 40.0 Å². The molecule has 1 aliphatic rings. The number of carbonyl (C=O) groups is 3. The Hall–Kier alpha value is -3.40. The molecule has 1 fully saturated rings. The smallest absolute Gasteiger partial charge is 0.319 e. The number of rotatable bonds is 8. The van der Waals surface area contributed by atoms with Crippen molar-refractivity contribution in [2.75, 3.05) is 25.5 Å². The van der Waals surface area contributed by atoms with E-state index in [1.807, 2.05) is 32.9 Å². The highest BCUT2D eigenvalue weighted by atomic mass is 16.5. The first-order valence-corrected chi connectivity index (χ1v) is 11.3. The number of ether oxygens (including phenoxy) is 1. The zero-order valence-electron chi connectivity index (χ0n) is 20.1. The summed E-state index contributed by atoms with van der Waals surface area (Å²) in [6.07, 6.45) is 4.68. The maximum Gasteiger partial charge on any atom is 0.319 e. The molecule has 1 aromatic heterocycles. The highest BCUT2D eigenvalue weighted by Crippen LogP contribution is 2.30. The topological polar surface area (TPSA) is 133 Å². The van der Waals surface area contributed by atoms with Gasteiger partial charge >= 0.3 is 6.03 Å². The van der Waals surface area contributed by atoms with Crippen LogP contribution >= 0.6 is 0 Å². The van der Waals surface area contributed by atoms with Gasteiger partial charge in [0.2, 0.25) is 5.91 Å². The number of carbonyl (C=O) groups excluding carboxylic acids is 3. The first-order valence-electron chi connectivity index (χ1n) is 11.3. The third-order valence-corrected chi connectivity index (χ3v) is 6.02. The molecule has 2 aromatic rings. The zero-order valence-corrected chi connectivity index (χ0v) is 20.1. The average Bonchev–Trinajstić information content (AvgIpc) is 2.77. The predicted molar refractivity (Wildman–Crippen MR) is 128 cm³/mol. The summed E-state index contributed by atoms with van der Waals surface area (Å²) >= 11 is 0. The van der Waals surface area contributed by atoms with Crippen LogP contribution in [0.4, 0.5) is 10.5 Å². The number of benzene rings is 1. The van der Waals surface area contributed by atoms with E-state index in [2.05, 4.69) is 15.6 Å². The van der Waals surface area contributed by atoms with Crippen LogP contribution in [0.25, 0.3) is 10.9 Å². The van der Waals surface area contributed by atoms with E-state index in [0.29, 0.717) is 29.4 Å². The maximum absolute atomic E-state index is 13.5. The van der Waals surface area contributed by atoms with Crippen LogP contribution in [-0.2, 0) is 9.59 Å². The molecule has 0 saturated heterocycles. The second-order valence-corrected chi connectivity index (χ2v) is 9.70. The van der Waals surface area contributed by atoms with Gasteiger partial charge in [0.25, 0.3) is 5.91 Å². The van der Waals surface area contributed by atoms with E-state index in [-0.39, 0.29) is 12.5 Å². The zero-order chi connectivity index (χ0) is 24.9. The number of urea groups is 1. The van der Waals surface area contributed by atoms with Crippen LogP contribution in [-0.4, -0.2) is 59.2 Å². The number of anilines is 1. The molecule has 4 N–H and O–H groups in total. The molecule has 3 rings (SSSR count). The van der Waals surface area contributed by atoms with Gasteiger partial charge in [-0.3, -0.25) is 19.8 Å². The second kappa shape index (κ2) is 10.7. The molecule has 4 amide bonds. The van der Waals surface area contributed by atoms with Crippen molar-refractivity contribution in [1.29, 1.82) is 0 Å². The van der Waals surface area contributed by atoms with Crippen molar-refractivity contribution in [2.24, 2.45) is 11.3 Å². The van der Waals surface area contributed by atoms with Gasteiger partial charge in [0.05, 0.1) is 18.3 Å². The minimum atomic E-state index is -0.913. The fraction of sp³-hybridized carbons (Fsp3) is 0.500. The largest absolute Gasteiger partial charge is 0.497 e. The summed E-state index contributed by atoms with van der Waals surface area (Å²) < 4.78 is 5.33. The summed E-state index contributed by atoms with van der Waals surface area (Å²) in [7, 11) is 1.54. The van der Waals surface area contributed by atoms with Crippen LogP contribution in [0.3, 0.4) is 0 Å². The molecule has 0 spiro atoms. The summed E-state index contributed by atoms with van der Waals surface area (Å²) in [5.74, 6) is -0.203. The summed E-state index contributed by atoms with van der Waals surface area (Å²) in [5, 5.41) is 15.3. The molecule has 34 heavy (non-hydrogen) atoms. The van der Waals surface area contributed by atoms with E-state index in [9.17, 15) is 14.4 Å². The lowest BCUT2D eigenvalue weighted by molar-refractivity contribution is -0.143. The minimum Gasteiger partial charge on any atom is -0.497 e. The van der Waals surface area contributed by atoms with E-state index in [0.717, 1.165) is 24.6 Å². The normalized spacial score (nSPS) is 14.6. The molecule has 0 radical (unpaired) electrons. The molecular weight excluding hydrogens is 438 g/mol. The Kier molecular flexibility index (Phi) is 7.93. The van der Waals surface area contributed by atoms with Gasteiger partial charge in [0.15, 0.2) is 0 Å². The highest BCUT2D eigenvalue weighted by molar-refractivity contribution is 6.02. The van der Waals surface area contributed by atoms with Gasteiger partial charge in [-0.05, 0) is 36.3 Å². The molecule has 184 valence electrons. The molecular formula is C24H33N5O5. The summed E-state index contributed by atoms with van der Waals surface area (Å²) in [5.41, 5.74) is 1.97. The number of methoxy groups -OCH3 is 1. The van der Waals surface area contributed by atoms with Gasteiger partial charge in [-0.2, -0.15) is 0 Å². The van der Waals surface area contributed by atoms with E-state index < -0.39 is 23.4 Å². The summed E-state index contributed by atoms with van der Waals surface area (Å²) in [6, 6.07) is 5.64. The van der Waals surface area contributed by atoms with Crippen LogP contribution in [0, 0.1) is 11.3 Å². The van der Waals surface area contributed by atoms with Crippen molar-refractivity contribution in [3.63, 3.8) is 0 Å². The molecule has 1 aromatic carbocycles. The van der Waals surface area contributed by atoms with Crippen molar-refractivity contribution >= 4 is 34.4 Å². The van der Waals surface area contributed by atoms with Crippen molar-refractivity contribution in [2.45, 2.75) is 46.1 Å². The SMILES string of the molecule is COc1cc(NC(=O)N[C@H](C(=O)N(CC(=O)NO)CC2CCC2)C(C)(C)C)c2ncccc2c1. The van der Waals surface area contributed by atoms with Gasteiger partial charge in [-0.1, -0.05) is 33.3 Å². The Morgan fingerprint density at radius 1 is 1.26 bits per heavy atom. The van der Waals surface area contributed by atoms with Crippen LogP contribution in [0.5, 0.6) is 5.75 Å². The number of hydroxylamine groups is 1. The number of fused-ring (bicyclic) bond motifs is 1. The third-order valence-electron chi connectivity index (χ3n) is 6.02. The van der Waals surface area contributed by atoms with E-state index >= 15 is 0 Å². The Morgan fingerprint density at radius 3 is 2.59 bits per heavy atom. The molecule has 1 atom stereocenters. The summed E-state index contributed by atoms with van der Waals surface area (Å²) in [4.78, 5) is 44.2. The molecule has 0 unspecified atom stereocenters. The molecule has 0 bridgehead atoms. The van der Waals surface area contributed by atoms with Crippen molar-refractivity contribution in [3.8, 4) is 5.75 Å². The average molecular weight is 472 g/mol. The third kappa shape index (κ3) is 6.13. The van der Waals surface area contributed by atoms with E-state index in [4.69, 9.17) is 9.94 Å². The van der Waals surface area contributed by atoms with Gasteiger partial charge in [-0.15, -0.1) is 0 Å². The fourth-order valence-electron chi connectivity index (χ4n) is 3.93. The predicted octanol–water partition coefficient (Wildman–Crippen LogP) is 2.91. The molecule has 1 saturated carbocycles. The lowest BCUT2D eigenvalue weighted by atomic mass is 9.83. The Bertz CT molecular complexity index is 1050. The lowest BCUT2D eigenvalue weighted by Crippen LogP contribution is -2.57. The lowest BCUT2D eigenvalue weighted by Gasteiger charge is -2.37. The van der Waals surface area contributed by atoms with Crippen LogP contribution in [0.2, 0.25) is 0 Å². The number of nitrogens with one attached hydrogen (secondary N) is 3. The first-order chi connectivity index (χ1) is 16.1. The number of hydrogen-bond donors (Lipinski definition) is 4. The number of hydrogen-bond acceptors (Lipinski definition) is 6. The van der Waals surface area contributed by atoms with E-state index in [1.54, 1.807) is 23.8 Å². The second-order valence-electron chi connectivity index (χ2n) is 9.70.